The maximum atomic E-state index is 5.33. The Labute approximate surface area is 88.4 Å². The van der Waals surface area contributed by atoms with E-state index in [0.29, 0.717) is 6.04 Å². The van der Waals surface area contributed by atoms with E-state index in [2.05, 4.69) is 25.1 Å². The van der Waals surface area contributed by atoms with Gasteiger partial charge in [0.2, 0.25) is 0 Å². The molecule has 0 aliphatic heterocycles. The number of ether oxygens (including phenoxy) is 1. The molecule has 0 rings (SSSR count). The average molecular weight is 197 g/mol. The van der Waals surface area contributed by atoms with Gasteiger partial charge in [0, 0.05) is 19.6 Å². The average Bonchev–Trinajstić information content (AvgIpc) is 2.22. The van der Waals surface area contributed by atoms with Crippen LogP contribution in [0.5, 0.6) is 0 Å². The van der Waals surface area contributed by atoms with Crippen LogP contribution in [0.15, 0.2) is 0 Å². The minimum absolute atomic E-state index is 0.263. The number of hydrogen-bond acceptors (Lipinski definition) is 2. The molecule has 0 radical (unpaired) electrons. The second-order valence-corrected chi connectivity index (χ2v) is 3.60. The van der Waals surface area contributed by atoms with Crippen molar-refractivity contribution >= 4 is 0 Å². The minimum atomic E-state index is 0.263. The second-order valence-electron chi connectivity index (χ2n) is 3.60. The first-order valence-electron chi connectivity index (χ1n) is 5.45. The van der Waals surface area contributed by atoms with E-state index >= 15 is 0 Å². The van der Waals surface area contributed by atoms with E-state index in [4.69, 9.17) is 11.2 Å². The molecule has 2 heteroatoms. The van der Waals surface area contributed by atoms with Gasteiger partial charge in [-0.25, -0.2) is 0 Å². The van der Waals surface area contributed by atoms with Gasteiger partial charge in [0.05, 0.1) is 6.10 Å². The lowest BCUT2D eigenvalue weighted by molar-refractivity contribution is 0.0795. The van der Waals surface area contributed by atoms with Gasteiger partial charge in [-0.3, -0.25) is 0 Å². The highest BCUT2D eigenvalue weighted by Crippen LogP contribution is 2.07. The summed E-state index contributed by atoms with van der Waals surface area (Å²) in [6.45, 7) is 5.32. The summed E-state index contributed by atoms with van der Waals surface area (Å²) in [6.07, 6.45) is 9.67. The van der Waals surface area contributed by atoms with Gasteiger partial charge >= 0.3 is 0 Å². The summed E-state index contributed by atoms with van der Waals surface area (Å²) in [5.74, 6) is 2.67. The van der Waals surface area contributed by atoms with Crippen molar-refractivity contribution < 1.29 is 4.74 Å². The van der Waals surface area contributed by atoms with E-state index in [-0.39, 0.29) is 6.10 Å². The summed E-state index contributed by atoms with van der Waals surface area (Å²) in [7, 11) is 1.76. The Bertz CT molecular complexity index is 162. The molecule has 2 unspecified atom stereocenters. The lowest BCUT2D eigenvalue weighted by atomic mass is 10.0. The molecule has 0 saturated heterocycles. The van der Waals surface area contributed by atoms with Crippen LogP contribution in [0.25, 0.3) is 0 Å². The van der Waals surface area contributed by atoms with Crippen LogP contribution >= 0.6 is 0 Å². The molecule has 0 aliphatic rings. The first kappa shape index (κ1) is 13.5. The Morgan fingerprint density at radius 3 is 2.71 bits per heavy atom. The van der Waals surface area contributed by atoms with Crippen LogP contribution in [0.2, 0.25) is 0 Å². The fourth-order valence-electron chi connectivity index (χ4n) is 1.42. The molecule has 0 aromatic carbocycles. The summed E-state index contributed by atoms with van der Waals surface area (Å²) in [5, 5.41) is 3.49. The van der Waals surface area contributed by atoms with Crippen molar-refractivity contribution in [2.45, 2.75) is 51.7 Å². The summed E-state index contributed by atoms with van der Waals surface area (Å²) in [5.41, 5.74) is 0. The maximum Gasteiger partial charge on any atom is 0.0696 e. The molecule has 0 aromatic rings. The number of methoxy groups -OCH3 is 1. The van der Waals surface area contributed by atoms with Crippen LogP contribution in [0.4, 0.5) is 0 Å². The van der Waals surface area contributed by atoms with Gasteiger partial charge in [-0.05, 0) is 32.7 Å². The monoisotopic (exact) mass is 197 g/mol. The maximum absolute atomic E-state index is 5.33. The van der Waals surface area contributed by atoms with Gasteiger partial charge in [-0.15, -0.1) is 12.3 Å². The highest BCUT2D eigenvalue weighted by molar-refractivity contribution is 4.84. The van der Waals surface area contributed by atoms with Crippen molar-refractivity contribution in [3.63, 3.8) is 0 Å². The Morgan fingerprint density at radius 1 is 1.50 bits per heavy atom. The van der Waals surface area contributed by atoms with Crippen molar-refractivity contribution in [2.24, 2.45) is 0 Å². The first-order valence-corrected chi connectivity index (χ1v) is 5.45. The van der Waals surface area contributed by atoms with Gasteiger partial charge in [-0.1, -0.05) is 6.92 Å². The van der Waals surface area contributed by atoms with Crippen LogP contribution in [0.3, 0.4) is 0 Å². The second kappa shape index (κ2) is 9.05. The molecule has 0 aromatic heterocycles. The first-order chi connectivity index (χ1) is 6.76. The third-order valence-electron chi connectivity index (χ3n) is 2.43. The number of nitrogens with one attached hydrogen (secondary N) is 1. The third-order valence-corrected chi connectivity index (χ3v) is 2.43. The van der Waals surface area contributed by atoms with E-state index in [9.17, 15) is 0 Å². The predicted molar refractivity (Wildman–Crippen MR) is 61.2 cm³/mol. The normalized spacial score (nSPS) is 14.7. The lowest BCUT2D eigenvalue weighted by Gasteiger charge is -2.23. The summed E-state index contributed by atoms with van der Waals surface area (Å²) in [6, 6.07) is 0.438. The Kier molecular flexibility index (Phi) is 8.72. The van der Waals surface area contributed by atoms with E-state index in [1.807, 2.05) is 0 Å². The van der Waals surface area contributed by atoms with Crippen molar-refractivity contribution in [1.82, 2.24) is 5.32 Å². The van der Waals surface area contributed by atoms with Crippen molar-refractivity contribution in [3.05, 3.63) is 0 Å². The summed E-state index contributed by atoms with van der Waals surface area (Å²) >= 11 is 0. The van der Waals surface area contributed by atoms with E-state index in [0.717, 1.165) is 32.2 Å². The molecule has 0 bridgehead atoms. The third kappa shape index (κ3) is 6.01. The molecule has 1 N–H and O–H groups in total. The molecule has 82 valence electrons. The van der Waals surface area contributed by atoms with Crippen LogP contribution in [0.1, 0.15) is 39.5 Å². The van der Waals surface area contributed by atoms with Crippen LogP contribution in [-0.2, 0) is 4.74 Å². The van der Waals surface area contributed by atoms with Crippen molar-refractivity contribution in [2.75, 3.05) is 13.7 Å². The van der Waals surface area contributed by atoms with E-state index < -0.39 is 0 Å². The molecule has 0 amide bonds. The zero-order valence-electron chi connectivity index (χ0n) is 9.68. The highest BCUT2D eigenvalue weighted by Gasteiger charge is 2.14. The zero-order valence-corrected chi connectivity index (χ0v) is 9.68. The number of rotatable bonds is 8. The van der Waals surface area contributed by atoms with E-state index in [1.54, 1.807) is 7.11 Å². The van der Waals surface area contributed by atoms with E-state index in [1.165, 1.54) is 0 Å². The van der Waals surface area contributed by atoms with Gasteiger partial charge in [0.1, 0.15) is 0 Å². The molecular formula is C12H23NO. The van der Waals surface area contributed by atoms with Crippen LogP contribution in [-0.4, -0.2) is 25.8 Å². The topological polar surface area (TPSA) is 21.3 Å². The standard InChI is InChI=1S/C12H23NO/c1-5-7-8-9-12(11(3)14-4)13-10-6-2/h1,11-13H,6-10H2,2-4H3. The lowest BCUT2D eigenvalue weighted by Crippen LogP contribution is -2.39. The quantitative estimate of drug-likeness (QED) is 0.476. The molecule has 0 aliphatic carbocycles. The van der Waals surface area contributed by atoms with Crippen molar-refractivity contribution in [1.29, 1.82) is 0 Å². The largest absolute Gasteiger partial charge is 0.380 e. The Morgan fingerprint density at radius 2 is 2.21 bits per heavy atom. The molecule has 14 heavy (non-hydrogen) atoms. The summed E-state index contributed by atoms with van der Waals surface area (Å²) < 4.78 is 5.33. The Balaban J connectivity index is 3.79. The Hall–Kier alpha value is -0.520. The molecule has 0 spiro atoms. The fraction of sp³-hybridized carbons (Fsp3) is 0.833. The molecular weight excluding hydrogens is 174 g/mol. The van der Waals surface area contributed by atoms with Gasteiger partial charge in [0.15, 0.2) is 0 Å². The van der Waals surface area contributed by atoms with Crippen LogP contribution in [0, 0.1) is 12.3 Å². The highest BCUT2D eigenvalue weighted by atomic mass is 16.5. The molecule has 0 saturated carbocycles. The molecule has 0 heterocycles. The number of terminal acetylenes is 1. The zero-order chi connectivity index (χ0) is 10.8. The molecule has 0 fully saturated rings. The van der Waals surface area contributed by atoms with Gasteiger partial charge in [-0.2, -0.15) is 0 Å². The molecule has 2 atom stereocenters. The number of hydrogen-bond donors (Lipinski definition) is 1. The smallest absolute Gasteiger partial charge is 0.0696 e. The van der Waals surface area contributed by atoms with Gasteiger partial charge in [0.25, 0.3) is 0 Å². The van der Waals surface area contributed by atoms with Crippen LogP contribution < -0.4 is 5.32 Å². The van der Waals surface area contributed by atoms with Gasteiger partial charge < -0.3 is 10.1 Å². The SMILES string of the molecule is C#CCCCC(NCCC)C(C)OC. The molecule has 2 nitrogen and oxygen atoms in total. The number of unbranched alkanes of at least 4 members (excludes halogenated alkanes) is 1. The van der Waals surface area contributed by atoms with Crippen molar-refractivity contribution in [3.8, 4) is 12.3 Å². The summed E-state index contributed by atoms with van der Waals surface area (Å²) in [4.78, 5) is 0. The minimum Gasteiger partial charge on any atom is -0.380 e. The fourth-order valence-corrected chi connectivity index (χ4v) is 1.42. The predicted octanol–water partition coefficient (Wildman–Crippen LogP) is 2.19.